The van der Waals surface area contributed by atoms with Crippen LogP contribution in [-0.4, -0.2) is 4.98 Å². The maximum absolute atomic E-state index is 12.6. The number of nitrogens with zero attached hydrogens (tertiary/aromatic N) is 1. The molecule has 0 unspecified atom stereocenters. The van der Waals surface area contributed by atoms with E-state index in [-0.39, 0.29) is 0 Å². The Morgan fingerprint density at radius 3 is 2.68 bits per heavy atom. The lowest BCUT2D eigenvalue weighted by Crippen LogP contribution is -2.07. The summed E-state index contributed by atoms with van der Waals surface area (Å²) in [6, 6.07) is 3.63. The van der Waals surface area contributed by atoms with Crippen molar-refractivity contribution in [3.63, 3.8) is 0 Å². The fourth-order valence-electron chi connectivity index (χ4n) is 1.54. The topological polar surface area (TPSA) is 24.9 Å². The van der Waals surface area contributed by atoms with Gasteiger partial charge < -0.3 is 5.32 Å². The fourth-order valence-corrected chi connectivity index (χ4v) is 2.45. The van der Waals surface area contributed by atoms with Crippen LogP contribution in [0.2, 0.25) is 4.47 Å². The van der Waals surface area contributed by atoms with Crippen LogP contribution in [0.5, 0.6) is 0 Å². The molecule has 0 aliphatic rings. The summed E-state index contributed by atoms with van der Waals surface area (Å²) < 4.78 is 38.3. The molecule has 19 heavy (non-hydrogen) atoms. The zero-order valence-corrected chi connectivity index (χ0v) is 11.5. The Hall–Kier alpha value is -1.27. The van der Waals surface area contributed by atoms with E-state index in [1.807, 2.05) is 0 Å². The van der Waals surface area contributed by atoms with E-state index in [0.29, 0.717) is 16.7 Å². The molecule has 0 bridgehead atoms. The van der Waals surface area contributed by atoms with Crippen molar-refractivity contribution in [3.8, 4) is 0 Å². The summed E-state index contributed by atoms with van der Waals surface area (Å²) >= 11 is 6.98. The van der Waals surface area contributed by atoms with Crippen LogP contribution in [0.15, 0.2) is 24.4 Å². The van der Waals surface area contributed by atoms with Gasteiger partial charge in [0.1, 0.15) is 0 Å². The summed E-state index contributed by atoms with van der Waals surface area (Å²) in [6.07, 6.45) is -2.74. The predicted molar refractivity (Wildman–Crippen MR) is 70.6 cm³/mol. The Morgan fingerprint density at radius 1 is 1.37 bits per heavy atom. The van der Waals surface area contributed by atoms with Crippen LogP contribution in [0.25, 0.3) is 0 Å². The quantitative estimate of drug-likeness (QED) is 0.886. The van der Waals surface area contributed by atoms with Gasteiger partial charge in [-0.05, 0) is 24.6 Å². The largest absolute Gasteiger partial charge is 0.416 e. The second kappa shape index (κ2) is 5.38. The Morgan fingerprint density at radius 2 is 2.11 bits per heavy atom. The Kier molecular flexibility index (Phi) is 4.01. The molecule has 7 heteroatoms. The highest BCUT2D eigenvalue weighted by Gasteiger charge is 2.30. The SMILES string of the molecule is Cc1ccc(C(F)(F)F)cc1NCc1cnc(Cl)s1. The minimum Gasteiger partial charge on any atom is -0.380 e. The molecule has 1 aromatic heterocycles. The summed E-state index contributed by atoms with van der Waals surface area (Å²) in [4.78, 5) is 4.73. The van der Waals surface area contributed by atoms with Crippen molar-refractivity contribution < 1.29 is 13.2 Å². The number of hydrogen-bond acceptors (Lipinski definition) is 3. The average Bonchev–Trinajstić information content (AvgIpc) is 2.72. The number of alkyl halides is 3. The van der Waals surface area contributed by atoms with Crippen LogP contribution in [-0.2, 0) is 12.7 Å². The molecule has 102 valence electrons. The molecule has 0 aliphatic carbocycles. The van der Waals surface area contributed by atoms with E-state index in [4.69, 9.17) is 11.6 Å². The normalized spacial score (nSPS) is 11.6. The molecule has 0 radical (unpaired) electrons. The van der Waals surface area contributed by atoms with Crippen LogP contribution in [0.4, 0.5) is 18.9 Å². The average molecular weight is 307 g/mol. The molecule has 0 saturated heterocycles. The molecule has 0 fully saturated rings. The van der Waals surface area contributed by atoms with Gasteiger partial charge in [-0.15, -0.1) is 11.3 Å². The molecular formula is C12H10ClF3N2S. The van der Waals surface area contributed by atoms with Gasteiger partial charge >= 0.3 is 6.18 Å². The maximum Gasteiger partial charge on any atom is 0.416 e. The number of thiazole rings is 1. The van der Waals surface area contributed by atoms with Crippen molar-refractivity contribution in [3.05, 3.63) is 44.9 Å². The molecule has 2 rings (SSSR count). The van der Waals surface area contributed by atoms with Crippen LogP contribution in [0.3, 0.4) is 0 Å². The zero-order chi connectivity index (χ0) is 14.0. The number of nitrogens with one attached hydrogen (secondary N) is 1. The number of rotatable bonds is 3. The Bertz CT molecular complexity index is 581. The van der Waals surface area contributed by atoms with Crippen molar-refractivity contribution in [2.45, 2.75) is 19.6 Å². The number of anilines is 1. The molecule has 0 aliphatic heterocycles. The highest BCUT2D eigenvalue weighted by molar-refractivity contribution is 7.15. The number of halogens is 4. The molecule has 2 nitrogen and oxygen atoms in total. The molecule has 1 N–H and O–H groups in total. The van der Waals surface area contributed by atoms with Gasteiger partial charge in [0.05, 0.1) is 12.1 Å². The molecule has 0 atom stereocenters. The van der Waals surface area contributed by atoms with Crippen LogP contribution >= 0.6 is 22.9 Å². The first-order valence-electron chi connectivity index (χ1n) is 5.38. The second-order valence-electron chi connectivity index (χ2n) is 3.96. The molecule has 1 heterocycles. The monoisotopic (exact) mass is 306 g/mol. The van der Waals surface area contributed by atoms with Gasteiger partial charge in [-0.2, -0.15) is 13.2 Å². The minimum absolute atomic E-state index is 0.395. The standard InChI is InChI=1S/C12H10ClF3N2S/c1-7-2-3-8(12(14,15)16)4-10(7)17-5-9-6-18-11(13)19-9/h2-4,6,17H,5H2,1H3. The third kappa shape index (κ3) is 3.61. The maximum atomic E-state index is 12.6. The van der Waals surface area contributed by atoms with Crippen molar-refractivity contribution >= 4 is 28.6 Å². The summed E-state index contributed by atoms with van der Waals surface area (Å²) in [6.45, 7) is 2.15. The Balaban J connectivity index is 2.15. The summed E-state index contributed by atoms with van der Waals surface area (Å²) in [5, 5.41) is 2.97. The van der Waals surface area contributed by atoms with Gasteiger partial charge in [-0.25, -0.2) is 4.98 Å². The molecular weight excluding hydrogens is 297 g/mol. The van der Waals surface area contributed by atoms with E-state index in [0.717, 1.165) is 22.6 Å². The van der Waals surface area contributed by atoms with E-state index < -0.39 is 11.7 Å². The van der Waals surface area contributed by atoms with Gasteiger partial charge in [-0.3, -0.25) is 0 Å². The van der Waals surface area contributed by atoms with E-state index in [9.17, 15) is 13.2 Å². The lowest BCUT2D eigenvalue weighted by Gasteiger charge is -2.12. The summed E-state index contributed by atoms with van der Waals surface area (Å²) in [5.74, 6) is 0. The van der Waals surface area contributed by atoms with Crippen molar-refractivity contribution in [1.82, 2.24) is 4.98 Å². The lowest BCUT2D eigenvalue weighted by molar-refractivity contribution is -0.137. The van der Waals surface area contributed by atoms with Gasteiger partial charge in [-0.1, -0.05) is 17.7 Å². The van der Waals surface area contributed by atoms with Crippen LogP contribution in [0, 0.1) is 6.92 Å². The molecule has 2 aromatic rings. The van der Waals surface area contributed by atoms with Crippen molar-refractivity contribution in [2.24, 2.45) is 0 Å². The number of hydrogen-bond donors (Lipinski definition) is 1. The second-order valence-corrected chi connectivity index (χ2v) is 5.66. The first kappa shape index (κ1) is 14.1. The molecule has 1 aromatic carbocycles. The van der Waals surface area contributed by atoms with E-state index in [1.165, 1.54) is 17.4 Å². The van der Waals surface area contributed by atoms with Gasteiger partial charge in [0.15, 0.2) is 4.47 Å². The zero-order valence-electron chi connectivity index (χ0n) is 9.88. The molecule has 0 amide bonds. The van der Waals surface area contributed by atoms with Gasteiger partial charge in [0.2, 0.25) is 0 Å². The third-order valence-electron chi connectivity index (χ3n) is 2.54. The molecule has 0 spiro atoms. The van der Waals surface area contributed by atoms with Crippen LogP contribution < -0.4 is 5.32 Å². The van der Waals surface area contributed by atoms with Crippen molar-refractivity contribution in [2.75, 3.05) is 5.32 Å². The highest BCUT2D eigenvalue weighted by Crippen LogP contribution is 2.32. The van der Waals surface area contributed by atoms with Gasteiger partial charge in [0, 0.05) is 16.8 Å². The summed E-state index contributed by atoms with van der Waals surface area (Å²) in [5.41, 5.74) is 0.547. The predicted octanol–water partition coefficient (Wildman–Crippen LogP) is 4.74. The third-order valence-corrected chi connectivity index (χ3v) is 3.66. The number of aryl methyl sites for hydroxylation is 1. The van der Waals surface area contributed by atoms with Crippen molar-refractivity contribution in [1.29, 1.82) is 0 Å². The first-order chi connectivity index (χ1) is 8.86. The first-order valence-corrected chi connectivity index (χ1v) is 6.57. The van der Waals surface area contributed by atoms with Crippen LogP contribution in [0.1, 0.15) is 16.0 Å². The molecule has 0 saturated carbocycles. The number of aromatic nitrogens is 1. The van der Waals surface area contributed by atoms with E-state index in [1.54, 1.807) is 13.1 Å². The van der Waals surface area contributed by atoms with E-state index >= 15 is 0 Å². The Labute approximate surface area is 117 Å². The smallest absolute Gasteiger partial charge is 0.380 e. The summed E-state index contributed by atoms with van der Waals surface area (Å²) in [7, 11) is 0. The lowest BCUT2D eigenvalue weighted by atomic mass is 10.1. The van der Waals surface area contributed by atoms with Gasteiger partial charge in [0.25, 0.3) is 0 Å². The fraction of sp³-hybridized carbons (Fsp3) is 0.250. The number of benzene rings is 1. The minimum atomic E-state index is -4.34. The highest BCUT2D eigenvalue weighted by atomic mass is 35.5. The van der Waals surface area contributed by atoms with E-state index in [2.05, 4.69) is 10.3 Å².